The maximum Gasteiger partial charge on any atom is 0.416 e. The van der Waals surface area contributed by atoms with Gasteiger partial charge in [-0.15, -0.1) is 0 Å². The number of nitrogens with two attached hydrogens (primary N) is 1. The number of alkyl halides is 3. The molecule has 0 aliphatic rings. The second-order valence-electron chi connectivity index (χ2n) is 3.81. The summed E-state index contributed by atoms with van der Waals surface area (Å²) in [5.74, 6) is 0.291. The number of rotatable bonds is 1. The second-order valence-corrected chi connectivity index (χ2v) is 4.66. The summed E-state index contributed by atoms with van der Waals surface area (Å²) in [6.45, 7) is 1.74. The van der Waals surface area contributed by atoms with E-state index in [1.165, 1.54) is 10.7 Å². The van der Waals surface area contributed by atoms with Crippen LogP contribution in [0.2, 0.25) is 0 Å². The number of hydrogen-bond acceptors (Lipinski definition) is 2. The van der Waals surface area contributed by atoms with Crippen molar-refractivity contribution in [2.75, 3.05) is 5.73 Å². The van der Waals surface area contributed by atoms with E-state index in [0.717, 1.165) is 12.1 Å². The number of aryl methyl sites for hydroxylation is 1. The highest BCUT2D eigenvalue weighted by molar-refractivity contribution is 9.10. The fourth-order valence-corrected chi connectivity index (χ4v) is 1.89. The van der Waals surface area contributed by atoms with E-state index in [2.05, 4.69) is 21.0 Å². The lowest BCUT2D eigenvalue weighted by Gasteiger charge is -2.10. The average Bonchev–Trinajstić information content (AvgIpc) is 2.58. The first-order valence-electron chi connectivity index (χ1n) is 4.98. The summed E-state index contributed by atoms with van der Waals surface area (Å²) in [6.07, 6.45) is -2.81. The zero-order valence-corrected chi connectivity index (χ0v) is 10.9. The van der Waals surface area contributed by atoms with Crippen molar-refractivity contribution in [1.82, 2.24) is 9.78 Å². The van der Waals surface area contributed by atoms with Crippen molar-refractivity contribution in [1.29, 1.82) is 0 Å². The van der Waals surface area contributed by atoms with Crippen molar-refractivity contribution in [3.05, 3.63) is 40.0 Å². The van der Waals surface area contributed by atoms with Gasteiger partial charge in [-0.2, -0.15) is 18.3 Å². The molecule has 96 valence electrons. The number of anilines is 1. The van der Waals surface area contributed by atoms with E-state index >= 15 is 0 Å². The molecule has 18 heavy (non-hydrogen) atoms. The quantitative estimate of drug-likeness (QED) is 0.873. The molecule has 0 unspecified atom stereocenters. The Morgan fingerprint density at radius 3 is 2.50 bits per heavy atom. The molecule has 7 heteroatoms. The van der Waals surface area contributed by atoms with Gasteiger partial charge in [-0.3, -0.25) is 0 Å². The molecule has 0 bridgehead atoms. The summed E-state index contributed by atoms with van der Waals surface area (Å²) in [6, 6.07) is 3.37. The van der Waals surface area contributed by atoms with Crippen LogP contribution in [0.1, 0.15) is 11.1 Å². The molecule has 0 aliphatic heterocycles. The van der Waals surface area contributed by atoms with E-state index in [1.807, 2.05) is 0 Å². The van der Waals surface area contributed by atoms with Crippen LogP contribution in [0.15, 0.2) is 28.9 Å². The SMILES string of the molecule is Cc1cn(-c2cc(C(F)(F)F)ccc2Br)nc1N. The predicted octanol–water partition coefficient (Wildman–Crippen LogP) is 3.54. The predicted molar refractivity (Wildman–Crippen MR) is 65.4 cm³/mol. The Hall–Kier alpha value is -1.50. The van der Waals surface area contributed by atoms with Crippen LogP contribution in [0, 0.1) is 6.92 Å². The van der Waals surface area contributed by atoms with Crippen LogP contribution in [-0.4, -0.2) is 9.78 Å². The third-order valence-corrected chi connectivity index (χ3v) is 3.13. The van der Waals surface area contributed by atoms with Crippen molar-refractivity contribution >= 4 is 21.7 Å². The van der Waals surface area contributed by atoms with E-state index in [1.54, 1.807) is 13.1 Å². The molecular formula is C11H9BrF3N3. The minimum absolute atomic E-state index is 0.291. The molecule has 1 aromatic heterocycles. The molecular weight excluding hydrogens is 311 g/mol. The smallest absolute Gasteiger partial charge is 0.382 e. The third kappa shape index (κ3) is 2.35. The number of nitrogen functional groups attached to an aromatic ring is 1. The molecule has 2 rings (SSSR count). The molecule has 0 aliphatic carbocycles. The number of halogens is 4. The monoisotopic (exact) mass is 319 g/mol. The van der Waals surface area contributed by atoms with Gasteiger partial charge in [0.25, 0.3) is 0 Å². The highest BCUT2D eigenvalue weighted by Crippen LogP contribution is 2.33. The van der Waals surface area contributed by atoms with E-state index in [0.29, 0.717) is 21.5 Å². The molecule has 0 spiro atoms. The molecule has 0 atom stereocenters. The molecule has 2 N–H and O–H groups in total. The Morgan fingerprint density at radius 2 is 2.00 bits per heavy atom. The summed E-state index contributed by atoms with van der Waals surface area (Å²) in [4.78, 5) is 0. The molecule has 0 radical (unpaired) electrons. The molecule has 1 aromatic carbocycles. The number of nitrogens with zero attached hydrogens (tertiary/aromatic N) is 2. The summed E-state index contributed by atoms with van der Waals surface area (Å²) >= 11 is 3.20. The van der Waals surface area contributed by atoms with Gasteiger partial charge < -0.3 is 5.73 Å². The van der Waals surface area contributed by atoms with Crippen molar-refractivity contribution < 1.29 is 13.2 Å². The molecule has 0 amide bonds. The first kappa shape index (κ1) is 12.9. The fraction of sp³-hybridized carbons (Fsp3) is 0.182. The van der Waals surface area contributed by atoms with Crippen LogP contribution < -0.4 is 5.73 Å². The fourth-order valence-electron chi connectivity index (χ4n) is 1.46. The lowest BCUT2D eigenvalue weighted by atomic mass is 10.2. The molecule has 0 saturated carbocycles. The second kappa shape index (κ2) is 4.31. The van der Waals surface area contributed by atoms with Crippen LogP contribution in [0.4, 0.5) is 19.0 Å². The standard InChI is InChI=1S/C11H9BrF3N3/c1-6-5-18(17-10(6)16)9-4-7(11(13,14)15)2-3-8(9)12/h2-5H,1H3,(H2,16,17). The van der Waals surface area contributed by atoms with E-state index in [4.69, 9.17) is 5.73 Å². The molecule has 1 heterocycles. The zero-order chi connectivity index (χ0) is 13.5. The largest absolute Gasteiger partial charge is 0.416 e. The highest BCUT2D eigenvalue weighted by atomic mass is 79.9. The Labute approximate surface area is 110 Å². The Morgan fingerprint density at radius 1 is 1.33 bits per heavy atom. The van der Waals surface area contributed by atoms with Gasteiger partial charge in [-0.25, -0.2) is 4.68 Å². The molecule has 2 aromatic rings. The van der Waals surface area contributed by atoms with Crippen LogP contribution in [-0.2, 0) is 6.18 Å². The van der Waals surface area contributed by atoms with Gasteiger partial charge >= 0.3 is 6.18 Å². The minimum Gasteiger partial charge on any atom is -0.382 e. The lowest BCUT2D eigenvalue weighted by Crippen LogP contribution is -2.07. The number of hydrogen-bond donors (Lipinski definition) is 1. The van der Waals surface area contributed by atoms with E-state index in [-0.39, 0.29) is 0 Å². The van der Waals surface area contributed by atoms with Crippen LogP contribution in [0.5, 0.6) is 0 Å². The molecule has 0 fully saturated rings. The zero-order valence-electron chi connectivity index (χ0n) is 9.29. The van der Waals surface area contributed by atoms with Gasteiger partial charge in [0, 0.05) is 16.2 Å². The van der Waals surface area contributed by atoms with E-state index < -0.39 is 11.7 Å². The third-order valence-electron chi connectivity index (χ3n) is 2.46. The Kier molecular flexibility index (Phi) is 3.10. The normalized spacial score (nSPS) is 11.8. The number of benzene rings is 1. The van der Waals surface area contributed by atoms with Gasteiger partial charge in [0.15, 0.2) is 0 Å². The van der Waals surface area contributed by atoms with Gasteiger partial charge in [0.2, 0.25) is 0 Å². The van der Waals surface area contributed by atoms with Gasteiger partial charge in [-0.1, -0.05) is 0 Å². The van der Waals surface area contributed by atoms with Crippen molar-refractivity contribution in [3.8, 4) is 5.69 Å². The summed E-state index contributed by atoms with van der Waals surface area (Å²) < 4.78 is 39.7. The van der Waals surface area contributed by atoms with Crippen molar-refractivity contribution in [2.45, 2.75) is 13.1 Å². The van der Waals surface area contributed by atoms with E-state index in [9.17, 15) is 13.2 Å². The van der Waals surface area contributed by atoms with Crippen LogP contribution >= 0.6 is 15.9 Å². The maximum atomic E-state index is 12.6. The minimum atomic E-state index is -4.39. The lowest BCUT2D eigenvalue weighted by molar-refractivity contribution is -0.137. The summed E-state index contributed by atoms with van der Waals surface area (Å²) in [5.41, 5.74) is 5.86. The topological polar surface area (TPSA) is 43.8 Å². The number of aromatic nitrogens is 2. The molecule has 0 saturated heterocycles. The Balaban J connectivity index is 2.56. The average molecular weight is 320 g/mol. The highest BCUT2D eigenvalue weighted by Gasteiger charge is 2.31. The molecule has 3 nitrogen and oxygen atoms in total. The summed E-state index contributed by atoms with van der Waals surface area (Å²) in [5, 5.41) is 3.96. The van der Waals surface area contributed by atoms with Gasteiger partial charge in [0.05, 0.1) is 11.3 Å². The maximum absolute atomic E-state index is 12.6. The van der Waals surface area contributed by atoms with Gasteiger partial charge in [0.1, 0.15) is 5.82 Å². The first-order chi connectivity index (χ1) is 8.29. The Bertz CT molecular complexity index is 570. The van der Waals surface area contributed by atoms with Crippen molar-refractivity contribution in [2.24, 2.45) is 0 Å². The first-order valence-corrected chi connectivity index (χ1v) is 5.77. The van der Waals surface area contributed by atoms with Crippen molar-refractivity contribution in [3.63, 3.8) is 0 Å². The van der Waals surface area contributed by atoms with Crippen LogP contribution in [0.3, 0.4) is 0 Å². The van der Waals surface area contributed by atoms with Crippen LogP contribution in [0.25, 0.3) is 5.69 Å². The summed E-state index contributed by atoms with van der Waals surface area (Å²) in [7, 11) is 0. The van der Waals surface area contributed by atoms with Gasteiger partial charge in [-0.05, 0) is 41.1 Å².